The van der Waals surface area contributed by atoms with E-state index in [0.29, 0.717) is 18.2 Å². The maximum absolute atomic E-state index is 13.1. The normalized spacial score (nSPS) is 22.3. The van der Waals surface area contributed by atoms with Crippen LogP contribution in [0.1, 0.15) is 37.8 Å². The Hall–Kier alpha value is -2.66. The van der Waals surface area contributed by atoms with Crippen molar-refractivity contribution in [1.82, 2.24) is 30.1 Å². The van der Waals surface area contributed by atoms with Gasteiger partial charge in [0, 0.05) is 69.4 Å². The Kier molecular flexibility index (Phi) is 7.65. The van der Waals surface area contributed by atoms with Crippen LogP contribution in [0, 0.1) is 0 Å². The van der Waals surface area contributed by atoms with Gasteiger partial charge in [-0.1, -0.05) is 17.7 Å². The monoisotopic (exact) mass is 511 g/mol. The van der Waals surface area contributed by atoms with Crippen molar-refractivity contribution in [3.05, 3.63) is 47.0 Å². The van der Waals surface area contributed by atoms with Gasteiger partial charge in [-0.15, -0.1) is 0 Å². The molecule has 0 spiro atoms. The summed E-state index contributed by atoms with van der Waals surface area (Å²) in [6, 6.07) is 3.44. The number of carbonyl (C=O) groups is 1. The fraction of sp³-hybridized carbons (Fsp3) is 0.565. The summed E-state index contributed by atoms with van der Waals surface area (Å²) in [6.45, 7) is 7.28. The van der Waals surface area contributed by atoms with Crippen LogP contribution in [0.5, 0.6) is 0 Å². The average Bonchev–Trinajstić information content (AvgIpc) is 2.81. The number of likely N-dealkylation sites (tertiary alicyclic amines) is 1. The average molecular weight is 512 g/mol. The molecule has 0 aliphatic carbocycles. The summed E-state index contributed by atoms with van der Waals surface area (Å²) in [5.74, 6) is 0.236. The number of alkyl halides is 3. The van der Waals surface area contributed by atoms with E-state index in [4.69, 9.17) is 11.6 Å². The third-order valence-electron chi connectivity index (χ3n) is 6.51. The number of hydrogen-bond acceptors (Lipinski definition) is 6. The number of hydrogen-bond donors (Lipinski definition) is 1. The molecule has 8 nitrogen and oxygen atoms in total. The van der Waals surface area contributed by atoms with Crippen molar-refractivity contribution >= 4 is 23.6 Å². The molecule has 2 saturated heterocycles. The van der Waals surface area contributed by atoms with E-state index in [9.17, 15) is 18.0 Å². The van der Waals surface area contributed by atoms with E-state index < -0.39 is 11.7 Å². The van der Waals surface area contributed by atoms with E-state index in [2.05, 4.69) is 25.2 Å². The van der Waals surface area contributed by atoms with Crippen molar-refractivity contribution in [2.24, 2.45) is 0 Å². The van der Waals surface area contributed by atoms with Gasteiger partial charge in [-0.25, -0.2) is 19.7 Å². The number of aromatic nitrogens is 3. The Morgan fingerprint density at radius 2 is 1.69 bits per heavy atom. The van der Waals surface area contributed by atoms with Gasteiger partial charge in [0.1, 0.15) is 5.15 Å². The Bertz CT molecular complexity index is 986. The van der Waals surface area contributed by atoms with Crippen LogP contribution in [-0.2, 0) is 12.7 Å². The minimum Gasteiger partial charge on any atom is -0.337 e. The summed E-state index contributed by atoms with van der Waals surface area (Å²) in [6.07, 6.45) is 0.621. The number of amides is 2. The zero-order chi connectivity index (χ0) is 25.2. The molecule has 1 N–H and O–H groups in total. The van der Waals surface area contributed by atoms with Crippen LogP contribution in [-0.4, -0.2) is 75.1 Å². The molecule has 0 unspecified atom stereocenters. The Morgan fingerprint density at radius 1 is 1.06 bits per heavy atom. The first-order valence-electron chi connectivity index (χ1n) is 11.7. The second kappa shape index (κ2) is 10.5. The Balaban J connectivity index is 1.27. The van der Waals surface area contributed by atoms with E-state index in [-0.39, 0.29) is 30.1 Å². The number of piperidine rings is 1. The Morgan fingerprint density at radius 3 is 2.23 bits per heavy atom. The van der Waals surface area contributed by atoms with E-state index in [1.807, 2.05) is 29.7 Å². The fourth-order valence-corrected chi connectivity index (χ4v) is 4.87. The van der Waals surface area contributed by atoms with Crippen LogP contribution >= 0.6 is 11.6 Å². The highest BCUT2D eigenvalue weighted by Crippen LogP contribution is 2.29. The Labute approximate surface area is 207 Å². The number of rotatable bonds is 4. The van der Waals surface area contributed by atoms with Gasteiger partial charge in [0.25, 0.3) is 0 Å². The topological polar surface area (TPSA) is 77.5 Å². The fourth-order valence-electron chi connectivity index (χ4n) is 4.76. The second-order valence-corrected chi connectivity index (χ2v) is 9.66. The summed E-state index contributed by atoms with van der Waals surface area (Å²) >= 11 is 5.85. The molecule has 190 valence electrons. The lowest BCUT2D eigenvalue weighted by molar-refractivity contribution is -0.138. The van der Waals surface area contributed by atoms with Crippen LogP contribution in [0.15, 0.2) is 30.7 Å². The van der Waals surface area contributed by atoms with Crippen molar-refractivity contribution in [2.75, 3.05) is 31.1 Å². The molecule has 4 rings (SSSR count). The molecule has 0 bridgehead atoms. The largest absolute Gasteiger partial charge is 0.419 e. The molecule has 4 heterocycles. The van der Waals surface area contributed by atoms with Crippen molar-refractivity contribution < 1.29 is 18.0 Å². The van der Waals surface area contributed by atoms with Gasteiger partial charge in [0.2, 0.25) is 5.95 Å². The van der Waals surface area contributed by atoms with Gasteiger partial charge in [0.05, 0.1) is 5.56 Å². The summed E-state index contributed by atoms with van der Waals surface area (Å²) in [5, 5.41) is 3.65. The predicted molar refractivity (Wildman–Crippen MR) is 126 cm³/mol. The molecule has 35 heavy (non-hydrogen) atoms. The number of urea groups is 1. The van der Waals surface area contributed by atoms with E-state index >= 15 is 0 Å². The standard InChI is InChI=1S/C23H29ClF3N7O/c1-15-12-33(21-29-10-18(11-30-21)23(25,26)27)13-16(2)34(15)22(35)31-19-5-7-32(8-6-19)14-17-3-4-20(24)28-9-17/h3-4,9-11,15-16,19H,5-8,12-14H2,1-2H3,(H,31,35)/t15-,16+. The number of carbonyl (C=O) groups excluding carboxylic acids is 1. The quantitative estimate of drug-likeness (QED) is 0.629. The first kappa shape index (κ1) is 25.4. The lowest BCUT2D eigenvalue weighted by Gasteiger charge is -2.45. The summed E-state index contributed by atoms with van der Waals surface area (Å²) < 4.78 is 38.4. The van der Waals surface area contributed by atoms with Gasteiger partial charge in [-0.2, -0.15) is 13.2 Å². The summed E-state index contributed by atoms with van der Waals surface area (Å²) in [5.41, 5.74) is 0.227. The van der Waals surface area contributed by atoms with E-state index in [1.165, 1.54) is 0 Å². The van der Waals surface area contributed by atoms with Crippen molar-refractivity contribution in [3.63, 3.8) is 0 Å². The van der Waals surface area contributed by atoms with Crippen LogP contribution in [0.25, 0.3) is 0 Å². The zero-order valence-electron chi connectivity index (χ0n) is 19.7. The number of halogens is 4. The molecule has 0 aromatic carbocycles. The molecule has 12 heteroatoms. The lowest BCUT2D eigenvalue weighted by atomic mass is 10.0. The lowest BCUT2D eigenvalue weighted by Crippen LogP contribution is -2.62. The van der Waals surface area contributed by atoms with Crippen molar-refractivity contribution in [2.45, 2.75) is 57.5 Å². The van der Waals surface area contributed by atoms with Crippen molar-refractivity contribution in [3.8, 4) is 0 Å². The molecule has 0 radical (unpaired) electrons. The van der Waals surface area contributed by atoms with E-state index in [0.717, 1.165) is 50.4 Å². The maximum Gasteiger partial charge on any atom is 0.419 e. The maximum atomic E-state index is 13.1. The molecule has 2 aromatic heterocycles. The van der Waals surface area contributed by atoms with Crippen LogP contribution in [0.4, 0.5) is 23.9 Å². The van der Waals surface area contributed by atoms with Gasteiger partial charge in [-0.3, -0.25) is 4.90 Å². The first-order chi connectivity index (χ1) is 16.6. The molecule has 2 fully saturated rings. The van der Waals surface area contributed by atoms with E-state index in [1.54, 1.807) is 12.3 Å². The van der Waals surface area contributed by atoms with Crippen LogP contribution in [0.3, 0.4) is 0 Å². The van der Waals surface area contributed by atoms with Gasteiger partial charge in [0.15, 0.2) is 0 Å². The molecular formula is C23H29ClF3N7O. The van der Waals surface area contributed by atoms with Crippen LogP contribution < -0.4 is 10.2 Å². The van der Waals surface area contributed by atoms with Gasteiger partial charge < -0.3 is 15.1 Å². The molecule has 2 aliphatic heterocycles. The number of anilines is 1. The first-order valence-corrected chi connectivity index (χ1v) is 12.0. The smallest absolute Gasteiger partial charge is 0.337 e. The number of piperazine rings is 1. The number of nitrogens with one attached hydrogen (secondary N) is 1. The van der Waals surface area contributed by atoms with Crippen LogP contribution in [0.2, 0.25) is 5.15 Å². The van der Waals surface area contributed by atoms with Crippen molar-refractivity contribution in [1.29, 1.82) is 0 Å². The van der Waals surface area contributed by atoms with Gasteiger partial charge in [-0.05, 0) is 38.3 Å². The molecule has 2 aliphatic rings. The SMILES string of the molecule is C[C@@H]1CN(c2ncc(C(F)(F)F)cn2)C[C@H](C)N1C(=O)NC1CCN(Cc2ccc(Cl)nc2)CC1. The second-order valence-electron chi connectivity index (χ2n) is 9.27. The molecule has 2 aromatic rings. The highest BCUT2D eigenvalue weighted by atomic mass is 35.5. The minimum atomic E-state index is -4.47. The molecular weight excluding hydrogens is 483 g/mol. The molecule has 2 amide bonds. The number of nitrogens with zero attached hydrogens (tertiary/aromatic N) is 6. The summed E-state index contributed by atoms with van der Waals surface area (Å²) in [7, 11) is 0. The predicted octanol–water partition coefficient (Wildman–Crippen LogP) is 3.82. The zero-order valence-corrected chi connectivity index (χ0v) is 20.4. The minimum absolute atomic E-state index is 0.0952. The third kappa shape index (κ3) is 6.32. The van der Waals surface area contributed by atoms with Gasteiger partial charge >= 0.3 is 12.2 Å². The molecule has 2 atom stereocenters. The highest BCUT2D eigenvalue weighted by Gasteiger charge is 2.36. The number of pyridine rings is 1. The molecule has 0 saturated carbocycles. The third-order valence-corrected chi connectivity index (χ3v) is 6.74. The highest BCUT2D eigenvalue weighted by molar-refractivity contribution is 6.29. The summed E-state index contributed by atoms with van der Waals surface area (Å²) in [4.78, 5) is 31.0.